The van der Waals surface area contributed by atoms with Crippen molar-refractivity contribution in [2.75, 3.05) is 31.2 Å². The molecule has 0 heterocycles. The van der Waals surface area contributed by atoms with Gasteiger partial charge in [0.2, 0.25) is 5.91 Å². The molecule has 0 saturated heterocycles. The van der Waals surface area contributed by atoms with Crippen LogP contribution in [0.3, 0.4) is 0 Å². The largest absolute Gasteiger partial charge is 0.357 e. The van der Waals surface area contributed by atoms with Crippen LogP contribution in [0.4, 0.5) is 5.69 Å². The lowest BCUT2D eigenvalue weighted by molar-refractivity contribution is -0.114. The Balaban J connectivity index is 2.52. The van der Waals surface area contributed by atoms with E-state index in [0.29, 0.717) is 5.96 Å². The highest BCUT2D eigenvalue weighted by atomic mass is 32.2. The summed E-state index contributed by atoms with van der Waals surface area (Å²) in [7, 11) is 0. The summed E-state index contributed by atoms with van der Waals surface area (Å²) >= 11 is 1.79. The summed E-state index contributed by atoms with van der Waals surface area (Å²) in [6.07, 6.45) is 2.08. The van der Waals surface area contributed by atoms with Gasteiger partial charge >= 0.3 is 0 Å². The minimum absolute atomic E-state index is 0.0872. The molecule has 0 bridgehead atoms. The first kappa shape index (κ1) is 18.4. The number of carbonyl (C=O) groups is 1. The van der Waals surface area contributed by atoms with E-state index in [4.69, 9.17) is 0 Å². The average Bonchev–Trinajstić information content (AvgIpc) is 2.51. The number of amides is 1. The first-order chi connectivity index (χ1) is 10.5. The smallest absolute Gasteiger partial charge is 0.246 e. The van der Waals surface area contributed by atoms with Gasteiger partial charge in [-0.1, -0.05) is 18.2 Å². The summed E-state index contributed by atoms with van der Waals surface area (Å²) in [5, 5.41) is 9.23. The molecule has 0 radical (unpaired) electrons. The topological polar surface area (TPSA) is 65.5 Å². The molecule has 0 atom stereocenters. The molecule has 1 amide bonds. The number of hydrogen-bond acceptors (Lipinski definition) is 3. The molecular formula is C16H26N4OS. The minimum Gasteiger partial charge on any atom is -0.357 e. The third kappa shape index (κ3) is 7.36. The highest BCUT2D eigenvalue weighted by Crippen LogP contribution is 2.19. The maximum Gasteiger partial charge on any atom is 0.246 e. The molecule has 0 aliphatic rings. The zero-order chi connectivity index (χ0) is 16.4. The van der Waals surface area contributed by atoms with Crippen molar-refractivity contribution in [3.05, 3.63) is 30.3 Å². The van der Waals surface area contributed by atoms with Crippen molar-refractivity contribution in [3.63, 3.8) is 0 Å². The molecule has 0 spiro atoms. The van der Waals surface area contributed by atoms with Crippen molar-refractivity contribution >= 4 is 29.3 Å². The van der Waals surface area contributed by atoms with E-state index in [2.05, 4.69) is 41.0 Å². The molecule has 0 saturated carbocycles. The van der Waals surface area contributed by atoms with Gasteiger partial charge in [-0.05, 0) is 39.2 Å². The zero-order valence-corrected chi connectivity index (χ0v) is 14.6. The Morgan fingerprint density at radius 2 is 1.91 bits per heavy atom. The Morgan fingerprint density at radius 1 is 1.23 bits per heavy atom. The monoisotopic (exact) mass is 322 g/mol. The fraction of sp³-hybridized carbons (Fsp3) is 0.500. The number of nitrogens with zero attached hydrogens (tertiary/aromatic N) is 1. The van der Waals surface area contributed by atoms with Crippen LogP contribution >= 0.6 is 11.8 Å². The van der Waals surface area contributed by atoms with E-state index in [9.17, 15) is 4.79 Å². The number of aliphatic imine (C=N–C) groups is 1. The highest BCUT2D eigenvalue weighted by Gasteiger charge is 2.16. The number of anilines is 1. The Kier molecular flexibility index (Phi) is 7.80. The predicted molar refractivity (Wildman–Crippen MR) is 96.6 cm³/mol. The van der Waals surface area contributed by atoms with Crippen LogP contribution < -0.4 is 16.0 Å². The molecule has 22 heavy (non-hydrogen) atoms. The second-order valence-electron chi connectivity index (χ2n) is 5.43. The number of hydrogen-bond donors (Lipinski definition) is 3. The number of rotatable bonds is 7. The van der Waals surface area contributed by atoms with Gasteiger partial charge in [-0.15, -0.1) is 0 Å². The van der Waals surface area contributed by atoms with E-state index in [0.717, 1.165) is 18.8 Å². The second kappa shape index (κ2) is 9.35. The molecule has 6 heteroatoms. The van der Waals surface area contributed by atoms with E-state index >= 15 is 0 Å². The molecular weight excluding hydrogens is 296 g/mol. The summed E-state index contributed by atoms with van der Waals surface area (Å²) in [5.41, 5.74) is 0.782. The van der Waals surface area contributed by atoms with Crippen LogP contribution in [0.5, 0.6) is 0 Å². The number of para-hydroxylation sites is 1. The van der Waals surface area contributed by atoms with E-state index in [1.54, 1.807) is 11.8 Å². The molecule has 0 aliphatic carbocycles. The maximum atomic E-state index is 11.9. The van der Waals surface area contributed by atoms with Crippen molar-refractivity contribution < 1.29 is 4.79 Å². The van der Waals surface area contributed by atoms with Gasteiger partial charge in [0.15, 0.2) is 5.96 Å². The Hall–Kier alpha value is -1.69. The lowest BCUT2D eigenvalue weighted by Crippen LogP contribution is -2.43. The molecule has 1 aromatic rings. The number of guanidine groups is 1. The van der Waals surface area contributed by atoms with Crippen LogP contribution in [0.15, 0.2) is 35.3 Å². The van der Waals surface area contributed by atoms with Crippen LogP contribution in [0.25, 0.3) is 0 Å². The molecule has 0 fully saturated rings. The molecule has 3 N–H and O–H groups in total. The lowest BCUT2D eigenvalue weighted by atomic mass is 10.2. The Bertz CT molecular complexity index is 488. The molecule has 0 aromatic heterocycles. The molecule has 0 unspecified atom stereocenters. The number of benzene rings is 1. The third-order valence-electron chi connectivity index (χ3n) is 3.02. The van der Waals surface area contributed by atoms with Gasteiger partial charge in [-0.2, -0.15) is 11.8 Å². The van der Waals surface area contributed by atoms with Crippen LogP contribution in [-0.4, -0.2) is 42.5 Å². The van der Waals surface area contributed by atoms with Gasteiger partial charge in [0.1, 0.15) is 6.54 Å². The van der Waals surface area contributed by atoms with Gasteiger partial charge in [-0.3, -0.25) is 4.79 Å². The zero-order valence-electron chi connectivity index (χ0n) is 13.8. The summed E-state index contributed by atoms with van der Waals surface area (Å²) in [6.45, 7) is 7.95. The van der Waals surface area contributed by atoms with Crippen molar-refractivity contribution in [1.82, 2.24) is 10.6 Å². The highest BCUT2D eigenvalue weighted by molar-refractivity contribution is 7.99. The minimum atomic E-state index is -0.132. The van der Waals surface area contributed by atoms with Crippen molar-refractivity contribution in [2.45, 2.75) is 25.5 Å². The summed E-state index contributed by atoms with van der Waals surface area (Å²) in [5.74, 6) is 0.528. The van der Waals surface area contributed by atoms with E-state index in [1.807, 2.05) is 37.3 Å². The first-order valence-corrected chi connectivity index (χ1v) is 8.61. The SMILES string of the molecule is CCNC(=NCC(=O)Nc1ccccc1)NCC(C)(C)SC. The number of nitrogens with one attached hydrogen (secondary N) is 3. The summed E-state index contributed by atoms with van der Waals surface area (Å²) in [6, 6.07) is 9.39. The van der Waals surface area contributed by atoms with Gasteiger partial charge in [0.05, 0.1) is 0 Å². The molecule has 0 aliphatic heterocycles. The van der Waals surface area contributed by atoms with Gasteiger partial charge in [0, 0.05) is 23.5 Å². The summed E-state index contributed by atoms with van der Waals surface area (Å²) < 4.78 is 0.114. The Morgan fingerprint density at radius 3 is 2.50 bits per heavy atom. The van der Waals surface area contributed by atoms with Crippen LogP contribution in [0, 0.1) is 0 Å². The van der Waals surface area contributed by atoms with Gasteiger partial charge < -0.3 is 16.0 Å². The molecule has 1 aromatic carbocycles. The van der Waals surface area contributed by atoms with E-state index in [-0.39, 0.29) is 17.2 Å². The molecule has 5 nitrogen and oxygen atoms in total. The fourth-order valence-electron chi connectivity index (χ4n) is 1.58. The second-order valence-corrected chi connectivity index (χ2v) is 6.94. The standard InChI is InChI=1S/C16H26N4OS/c1-5-17-15(19-12-16(2,3)22-4)18-11-14(21)20-13-9-7-6-8-10-13/h6-10H,5,11-12H2,1-4H3,(H,20,21)(H2,17,18,19). The van der Waals surface area contributed by atoms with Gasteiger partial charge in [0.25, 0.3) is 0 Å². The van der Waals surface area contributed by atoms with E-state index in [1.165, 1.54) is 0 Å². The normalized spacial score (nSPS) is 11.9. The van der Waals surface area contributed by atoms with Crippen LogP contribution in [0.1, 0.15) is 20.8 Å². The quantitative estimate of drug-likeness (QED) is 0.532. The van der Waals surface area contributed by atoms with Crippen LogP contribution in [0.2, 0.25) is 0 Å². The fourth-order valence-corrected chi connectivity index (χ4v) is 1.80. The predicted octanol–water partition coefficient (Wildman–Crippen LogP) is 2.32. The maximum absolute atomic E-state index is 11.9. The van der Waals surface area contributed by atoms with Crippen molar-refractivity contribution in [1.29, 1.82) is 0 Å². The van der Waals surface area contributed by atoms with Crippen LogP contribution in [-0.2, 0) is 4.79 Å². The number of thioether (sulfide) groups is 1. The summed E-state index contributed by atoms with van der Waals surface area (Å²) in [4.78, 5) is 16.2. The van der Waals surface area contributed by atoms with Crippen molar-refractivity contribution in [3.8, 4) is 0 Å². The third-order valence-corrected chi connectivity index (χ3v) is 4.27. The van der Waals surface area contributed by atoms with E-state index < -0.39 is 0 Å². The van der Waals surface area contributed by atoms with Gasteiger partial charge in [-0.25, -0.2) is 4.99 Å². The average molecular weight is 322 g/mol. The first-order valence-electron chi connectivity index (χ1n) is 7.39. The van der Waals surface area contributed by atoms with Crippen molar-refractivity contribution in [2.24, 2.45) is 4.99 Å². The Labute approximate surface area is 137 Å². The molecule has 122 valence electrons. The number of carbonyl (C=O) groups excluding carboxylic acids is 1. The molecule has 1 rings (SSSR count). The lowest BCUT2D eigenvalue weighted by Gasteiger charge is -2.23.